The molecule has 0 aromatic heterocycles. The SMILES string of the molecule is CCN(CCN(CC)CC(O)c1ccccc1Cl)CC(=O)Nc1c(C)cccc1C. The van der Waals surface area contributed by atoms with Crippen LogP contribution < -0.4 is 5.32 Å². The van der Waals surface area contributed by atoms with Crippen molar-refractivity contribution in [2.45, 2.75) is 33.8 Å². The highest BCUT2D eigenvalue weighted by Gasteiger charge is 2.17. The molecule has 0 aliphatic carbocycles. The van der Waals surface area contributed by atoms with Gasteiger partial charge in [-0.3, -0.25) is 14.6 Å². The van der Waals surface area contributed by atoms with E-state index in [2.05, 4.69) is 29.0 Å². The number of amides is 1. The van der Waals surface area contributed by atoms with Crippen molar-refractivity contribution in [1.29, 1.82) is 0 Å². The first-order valence-corrected chi connectivity index (χ1v) is 11.0. The van der Waals surface area contributed by atoms with Crippen LogP contribution in [0.25, 0.3) is 0 Å². The van der Waals surface area contributed by atoms with Gasteiger partial charge in [0.1, 0.15) is 0 Å². The van der Waals surface area contributed by atoms with E-state index in [-0.39, 0.29) is 5.91 Å². The summed E-state index contributed by atoms with van der Waals surface area (Å²) in [4.78, 5) is 16.9. The summed E-state index contributed by atoms with van der Waals surface area (Å²) < 4.78 is 0. The lowest BCUT2D eigenvalue weighted by molar-refractivity contribution is -0.117. The molecule has 0 saturated heterocycles. The fourth-order valence-electron chi connectivity index (χ4n) is 3.49. The molecule has 2 N–H and O–H groups in total. The van der Waals surface area contributed by atoms with E-state index >= 15 is 0 Å². The summed E-state index contributed by atoms with van der Waals surface area (Å²) in [7, 11) is 0. The van der Waals surface area contributed by atoms with Crippen LogP contribution in [0.4, 0.5) is 5.69 Å². The zero-order chi connectivity index (χ0) is 22.1. The van der Waals surface area contributed by atoms with Crippen LogP contribution in [0.3, 0.4) is 0 Å². The Bertz CT molecular complexity index is 808. The van der Waals surface area contributed by atoms with E-state index in [9.17, 15) is 9.90 Å². The number of para-hydroxylation sites is 1. The number of nitrogens with zero attached hydrogens (tertiary/aromatic N) is 2. The first kappa shape index (κ1) is 24.4. The Kier molecular flexibility index (Phi) is 9.79. The number of hydrogen-bond donors (Lipinski definition) is 2. The van der Waals surface area contributed by atoms with E-state index in [1.165, 1.54) is 0 Å². The number of anilines is 1. The number of rotatable bonds is 11. The smallest absolute Gasteiger partial charge is 0.238 e. The van der Waals surface area contributed by atoms with Gasteiger partial charge >= 0.3 is 0 Å². The summed E-state index contributed by atoms with van der Waals surface area (Å²) in [6.07, 6.45) is -0.638. The van der Waals surface area contributed by atoms with Gasteiger partial charge in [0.05, 0.1) is 12.6 Å². The van der Waals surface area contributed by atoms with Crippen LogP contribution in [0.5, 0.6) is 0 Å². The average molecular weight is 432 g/mol. The predicted molar refractivity (Wildman–Crippen MR) is 125 cm³/mol. The molecule has 0 bridgehead atoms. The molecule has 0 aliphatic heterocycles. The Morgan fingerprint density at radius 2 is 1.60 bits per heavy atom. The number of nitrogens with one attached hydrogen (secondary N) is 1. The van der Waals surface area contributed by atoms with Gasteiger partial charge in [-0.1, -0.05) is 61.8 Å². The van der Waals surface area contributed by atoms with Crippen molar-refractivity contribution < 1.29 is 9.90 Å². The number of aliphatic hydroxyl groups excluding tert-OH is 1. The second kappa shape index (κ2) is 12.1. The van der Waals surface area contributed by atoms with E-state index in [1.807, 2.05) is 50.2 Å². The zero-order valence-electron chi connectivity index (χ0n) is 18.5. The van der Waals surface area contributed by atoms with E-state index in [1.54, 1.807) is 6.07 Å². The number of hydrogen-bond acceptors (Lipinski definition) is 4. The number of carbonyl (C=O) groups excluding carboxylic acids is 1. The van der Waals surface area contributed by atoms with Crippen molar-refractivity contribution in [3.05, 3.63) is 64.2 Å². The third-order valence-corrected chi connectivity index (χ3v) is 5.78. The molecule has 5 nitrogen and oxygen atoms in total. The maximum Gasteiger partial charge on any atom is 0.238 e. The monoisotopic (exact) mass is 431 g/mol. The van der Waals surface area contributed by atoms with Crippen LogP contribution in [-0.2, 0) is 4.79 Å². The number of aliphatic hydroxyl groups is 1. The van der Waals surface area contributed by atoms with Gasteiger partial charge in [0.25, 0.3) is 0 Å². The number of carbonyl (C=O) groups is 1. The van der Waals surface area contributed by atoms with Crippen LogP contribution in [0.2, 0.25) is 5.02 Å². The molecule has 0 radical (unpaired) electrons. The molecular formula is C24H34ClN3O2. The molecule has 0 aliphatic rings. The van der Waals surface area contributed by atoms with Crippen molar-refractivity contribution in [3.63, 3.8) is 0 Å². The molecule has 2 rings (SSSR count). The van der Waals surface area contributed by atoms with E-state index in [0.29, 0.717) is 18.1 Å². The second-order valence-corrected chi connectivity index (χ2v) is 8.02. The minimum absolute atomic E-state index is 0.00611. The largest absolute Gasteiger partial charge is 0.387 e. The van der Waals surface area contributed by atoms with E-state index < -0.39 is 6.10 Å². The summed E-state index contributed by atoms with van der Waals surface area (Å²) in [5, 5.41) is 14.2. The van der Waals surface area contributed by atoms with Crippen molar-refractivity contribution in [2.75, 3.05) is 44.6 Å². The Labute approximate surface area is 185 Å². The minimum atomic E-state index is -0.638. The Balaban J connectivity index is 1.88. The summed E-state index contributed by atoms with van der Waals surface area (Å²) in [6, 6.07) is 13.4. The van der Waals surface area contributed by atoms with Crippen LogP contribution in [0.1, 0.15) is 36.6 Å². The molecule has 2 aromatic carbocycles. The lowest BCUT2D eigenvalue weighted by Crippen LogP contribution is -2.40. The fraction of sp³-hybridized carbons (Fsp3) is 0.458. The van der Waals surface area contributed by atoms with Gasteiger partial charge in [0, 0.05) is 35.9 Å². The maximum absolute atomic E-state index is 12.6. The molecule has 2 aromatic rings. The van der Waals surface area contributed by atoms with Gasteiger partial charge in [0.15, 0.2) is 0 Å². The van der Waals surface area contributed by atoms with Crippen LogP contribution in [-0.4, -0.2) is 60.1 Å². The van der Waals surface area contributed by atoms with Gasteiger partial charge in [-0.2, -0.15) is 0 Å². The second-order valence-electron chi connectivity index (χ2n) is 7.61. The Morgan fingerprint density at radius 1 is 1.00 bits per heavy atom. The molecule has 0 heterocycles. The molecule has 1 atom stereocenters. The lowest BCUT2D eigenvalue weighted by atomic mass is 10.1. The van der Waals surface area contributed by atoms with Crippen LogP contribution in [0.15, 0.2) is 42.5 Å². The van der Waals surface area contributed by atoms with Gasteiger partial charge in [-0.25, -0.2) is 0 Å². The number of halogens is 1. The maximum atomic E-state index is 12.6. The van der Waals surface area contributed by atoms with Crippen molar-refractivity contribution >= 4 is 23.2 Å². The Morgan fingerprint density at radius 3 is 2.20 bits per heavy atom. The molecule has 164 valence electrons. The number of benzene rings is 2. The summed E-state index contributed by atoms with van der Waals surface area (Å²) in [6.45, 7) is 12.1. The van der Waals surface area contributed by atoms with Crippen LogP contribution >= 0.6 is 11.6 Å². The fourth-order valence-corrected chi connectivity index (χ4v) is 3.75. The first-order valence-electron chi connectivity index (χ1n) is 10.6. The van der Waals surface area contributed by atoms with Crippen molar-refractivity contribution in [1.82, 2.24) is 9.80 Å². The highest BCUT2D eigenvalue weighted by Crippen LogP contribution is 2.23. The first-order chi connectivity index (χ1) is 14.3. The summed E-state index contributed by atoms with van der Waals surface area (Å²) >= 11 is 6.21. The molecule has 0 fully saturated rings. The quantitative estimate of drug-likeness (QED) is 0.557. The van der Waals surface area contributed by atoms with E-state index in [4.69, 9.17) is 11.6 Å². The third kappa shape index (κ3) is 7.10. The molecule has 0 saturated carbocycles. The van der Waals surface area contributed by atoms with E-state index in [0.717, 1.165) is 48.6 Å². The molecule has 1 amide bonds. The van der Waals surface area contributed by atoms with Crippen LogP contribution in [0, 0.1) is 13.8 Å². The molecular weight excluding hydrogens is 398 g/mol. The van der Waals surface area contributed by atoms with Gasteiger partial charge in [0.2, 0.25) is 5.91 Å². The van der Waals surface area contributed by atoms with Crippen molar-refractivity contribution in [3.8, 4) is 0 Å². The number of aryl methyl sites for hydroxylation is 2. The molecule has 1 unspecified atom stereocenters. The van der Waals surface area contributed by atoms with Crippen molar-refractivity contribution in [2.24, 2.45) is 0 Å². The Hall–Kier alpha value is -1.92. The topological polar surface area (TPSA) is 55.8 Å². The predicted octanol–water partition coefficient (Wildman–Crippen LogP) is 4.27. The standard InChI is InChI=1S/C24H34ClN3O2/c1-5-27(16-22(29)20-12-7-8-13-21(20)25)14-15-28(6-2)17-23(30)26-24-18(3)10-9-11-19(24)4/h7-13,22,29H,5-6,14-17H2,1-4H3,(H,26,30). The average Bonchev–Trinajstić information content (AvgIpc) is 2.72. The molecule has 30 heavy (non-hydrogen) atoms. The summed E-state index contributed by atoms with van der Waals surface area (Å²) in [5.74, 6) is -0.00611. The highest BCUT2D eigenvalue weighted by molar-refractivity contribution is 6.31. The zero-order valence-corrected chi connectivity index (χ0v) is 19.2. The lowest BCUT2D eigenvalue weighted by Gasteiger charge is -2.28. The minimum Gasteiger partial charge on any atom is -0.387 e. The highest BCUT2D eigenvalue weighted by atomic mass is 35.5. The molecule has 0 spiro atoms. The van der Waals surface area contributed by atoms with Gasteiger partial charge < -0.3 is 10.4 Å². The molecule has 6 heteroatoms. The van der Waals surface area contributed by atoms with Gasteiger partial charge in [-0.15, -0.1) is 0 Å². The van der Waals surface area contributed by atoms with Gasteiger partial charge in [-0.05, 0) is 44.1 Å². The normalized spacial score (nSPS) is 12.4. The third-order valence-electron chi connectivity index (χ3n) is 5.43. The number of likely N-dealkylation sites (N-methyl/N-ethyl adjacent to an activating group) is 2. The summed E-state index contributed by atoms with van der Waals surface area (Å²) in [5.41, 5.74) is 3.78.